The molecule has 1 saturated heterocycles. The van der Waals surface area contributed by atoms with E-state index in [9.17, 15) is 8.42 Å². The second-order valence-electron chi connectivity index (χ2n) is 3.63. The minimum Gasteiger partial charge on any atom is -0.385 e. The van der Waals surface area contributed by atoms with Gasteiger partial charge in [0.2, 0.25) is 0 Å². The van der Waals surface area contributed by atoms with Crippen molar-refractivity contribution >= 4 is 10.2 Å². The van der Waals surface area contributed by atoms with Crippen LogP contribution in [0.4, 0.5) is 0 Å². The average molecular weight is 237 g/mol. The number of nitrogens with zero attached hydrogens (tertiary/aromatic N) is 2. The van der Waals surface area contributed by atoms with Crippen LogP contribution < -0.4 is 5.14 Å². The first-order valence-electron chi connectivity index (χ1n) is 5.03. The van der Waals surface area contributed by atoms with Crippen LogP contribution >= 0.6 is 0 Å². The van der Waals surface area contributed by atoms with Crippen LogP contribution in [0, 0.1) is 0 Å². The zero-order valence-electron chi connectivity index (χ0n) is 9.05. The van der Waals surface area contributed by atoms with Gasteiger partial charge in [0.05, 0.1) is 0 Å². The fourth-order valence-electron chi connectivity index (χ4n) is 1.64. The first kappa shape index (κ1) is 12.9. The summed E-state index contributed by atoms with van der Waals surface area (Å²) in [7, 11) is -1.81. The van der Waals surface area contributed by atoms with Crippen molar-refractivity contribution in [2.75, 3.05) is 46.4 Å². The van der Waals surface area contributed by atoms with Gasteiger partial charge in [-0.05, 0) is 6.42 Å². The summed E-state index contributed by atoms with van der Waals surface area (Å²) in [5.74, 6) is 0. The van der Waals surface area contributed by atoms with Gasteiger partial charge < -0.3 is 9.64 Å². The SMILES string of the molecule is COCCCN1CCN(S(N)(=O)=O)CC1. The van der Waals surface area contributed by atoms with Crippen LogP contribution in [-0.2, 0) is 14.9 Å². The zero-order chi connectivity index (χ0) is 11.3. The van der Waals surface area contributed by atoms with E-state index in [0.29, 0.717) is 13.1 Å². The van der Waals surface area contributed by atoms with Gasteiger partial charge in [0, 0.05) is 46.4 Å². The summed E-state index contributed by atoms with van der Waals surface area (Å²) in [5.41, 5.74) is 0. The number of hydrogen-bond acceptors (Lipinski definition) is 4. The zero-order valence-corrected chi connectivity index (χ0v) is 9.87. The first-order chi connectivity index (χ1) is 7.04. The Balaban J connectivity index is 2.24. The highest BCUT2D eigenvalue weighted by atomic mass is 32.2. The molecule has 0 saturated carbocycles. The third-order valence-corrected chi connectivity index (χ3v) is 3.60. The van der Waals surface area contributed by atoms with E-state index < -0.39 is 10.2 Å². The van der Waals surface area contributed by atoms with Gasteiger partial charge in [-0.25, -0.2) is 5.14 Å². The fourth-order valence-corrected chi connectivity index (χ4v) is 2.31. The molecule has 1 heterocycles. The highest BCUT2D eigenvalue weighted by Gasteiger charge is 2.23. The maximum atomic E-state index is 11.0. The van der Waals surface area contributed by atoms with Gasteiger partial charge in [-0.1, -0.05) is 0 Å². The Morgan fingerprint density at radius 1 is 1.27 bits per heavy atom. The van der Waals surface area contributed by atoms with Gasteiger partial charge in [0.25, 0.3) is 10.2 Å². The van der Waals surface area contributed by atoms with Gasteiger partial charge >= 0.3 is 0 Å². The monoisotopic (exact) mass is 237 g/mol. The van der Waals surface area contributed by atoms with Crippen LogP contribution in [-0.4, -0.2) is 64.1 Å². The standard InChI is InChI=1S/C8H19N3O3S/c1-14-8-2-3-10-4-6-11(7-5-10)15(9,12)13/h2-8H2,1H3,(H2,9,12,13). The van der Waals surface area contributed by atoms with E-state index in [1.807, 2.05) is 0 Å². The van der Waals surface area contributed by atoms with E-state index in [4.69, 9.17) is 9.88 Å². The number of hydrogen-bond donors (Lipinski definition) is 1. The average Bonchev–Trinajstić information content (AvgIpc) is 2.18. The maximum Gasteiger partial charge on any atom is 0.276 e. The van der Waals surface area contributed by atoms with Crippen molar-refractivity contribution in [1.82, 2.24) is 9.21 Å². The van der Waals surface area contributed by atoms with Crippen molar-refractivity contribution in [3.8, 4) is 0 Å². The molecule has 7 heteroatoms. The normalized spacial score (nSPS) is 20.7. The van der Waals surface area contributed by atoms with Gasteiger partial charge in [-0.3, -0.25) is 0 Å². The molecular formula is C8H19N3O3S. The molecule has 0 aromatic heterocycles. The highest BCUT2D eigenvalue weighted by molar-refractivity contribution is 7.86. The van der Waals surface area contributed by atoms with Crippen molar-refractivity contribution in [2.24, 2.45) is 5.14 Å². The van der Waals surface area contributed by atoms with Crippen LogP contribution in [0.5, 0.6) is 0 Å². The van der Waals surface area contributed by atoms with Crippen molar-refractivity contribution < 1.29 is 13.2 Å². The number of piperazine rings is 1. The Hall–Kier alpha value is -0.210. The van der Waals surface area contributed by atoms with E-state index in [1.165, 1.54) is 4.31 Å². The lowest BCUT2D eigenvalue weighted by Gasteiger charge is -2.32. The number of ether oxygens (including phenoxy) is 1. The molecular weight excluding hydrogens is 218 g/mol. The molecule has 0 aromatic rings. The second kappa shape index (κ2) is 5.76. The smallest absolute Gasteiger partial charge is 0.276 e. The highest BCUT2D eigenvalue weighted by Crippen LogP contribution is 2.04. The lowest BCUT2D eigenvalue weighted by molar-refractivity contribution is 0.149. The van der Waals surface area contributed by atoms with Gasteiger partial charge in [0.15, 0.2) is 0 Å². The third kappa shape index (κ3) is 4.43. The Morgan fingerprint density at radius 3 is 2.33 bits per heavy atom. The number of nitrogens with two attached hydrogens (primary N) is 1. The maximum absolute atomic E-state index is 11.0. The molecule has 0 spiro atoms. The molecule has 1 fully saturated rings. The van der Waals surface area contributed by atoms with E-state index >= 15 is 0 Å². The molecule has 0 atom stereocenters. The van der Waals surface area contributed by atoms with Crippen molar-refractivity contribution in [3.63, 3.8) is 0 Å². The van der Waals surface area contributed by atoms with E-state index in [0.717, 1.165) is 32.7 Å². The molecule has 0 radical (unpaired) electrons. The molecule has 0 aliphatic carbocycles. The lowest BCUT2D eigenvalue weighted by Crippen LogP contribution is -2.50. The summed E-state index contributed by atoms with van der Waals surface area (Å²) in [6, 6.07) is 0. The van der Waals surface area contributed by atoms with Crippen molar-refractivity contribution in [1.29, 1.82) is 0 Å². The molecule has 0 unspecified atom stereocenters. The molecule has 0 amide bonds. The van der Waals surface area contributed by atoms with Gasteiger partial charge in [0.1, 0.15) is 0 Å². The Morgan fingerprint density at radius 2 is 1.87 bits per heavy atom. The van der Waals surface area contributed by atoms with E-state index in [1.54, 1.807) is 7.11 Å². The summed E-state index contributed by atoms with van der Waals surface area (Å²) in [5, 5.41) is 5.04. The molecule has 1 aliphatic heterocycles. The summed E-state index contributed by atoms with van der Waals surface area (Å²) in [6.07, 6.45) is 0.978. The lowest BCUT2D eigenvalue weighted by atomic mass is 10.3. The number of rotatable bonds is 5. The van der Waals surface area contributed by atoms with E-state index in [-0.39, 0.29) is 0 Å². The second-order valence-corrected chi connectivity index (χ2v) is 5.18. The first-order valence-corrected chi connectivity index (χ1v) is 6.53. The molecule has 1 aliphatic rings. The molecule has 6 nitrogen and oxygen atoms in total. The Kier molecular flexibility index (Phi) is 4.94. The summed E-state index contributed by atoms with van der Waals surface area (Å²) in [6.45, 7) is 4.18. The van der Waals surface area contributed by atoms with Gasteiger partial charge in [-0.15, -0.1) is 0 Å². The topological polar surface area (TPSA) is 75.9 Å². The van der Waals surface area contributed by atoms with Crippen LogP contribution in [0.25, 0.3) is 0 Å². The summed E-state index contributed by atoms with van der Waals surface area (Å²) in [4.78, 5) is 2.22. The van der Waals surface area contributed by atoms with Crippen LogP contribution in [0.1, 0.15) is 6.42 Å². The van der Waals surface area contributed by atoms with Crippen molar-refractivity contribution in [3.05, 3.63) is 0 Å². The molecule has 0 bridgehead atoms. The third-order valence-electron chi connectivity index (χ3n) is 2.51. The molecule has 1 rings (SSSR count). The number of methoxy groups -OCH3 is 1. The summed E-state index contributed by atoms with van der Waals surface area (Å²) < 4.78 is 28.3. The minimum atomic E-state index is -3.49. The minimum absolute atomic E-state index is 0.492. The quantitative estimate of drug-likeness (QED) is 0.612. The van der Waals surface area contributed by atoms with Crippen molar-refractivity contribution in [2.45, 2.75) is 6.42 Å². The molecule has 0 aromatic carbocycles. The van der Waals surface area contributed by atoms with E-state index in [2.05, 4.69) is 4.90 Å². The fraction of sp³-hybridized carbons (Fsp3) is 1.00. The molecule has 15 heavy (non-hydrogen) atoms. The molecule has 2 N–H and O–H groups in total. The Labute approximate surface area is 91.2 Å². The predicted octanol–water partition coefficient (Wildman–Crippen LogP) is -1.16. The largest absolute Gasteiger partial charge is 0.385 e. The van der Waals surface area contributed by atoms with Crippen LogP contribution in [0.15, 0.2) is 0 Å². The van der Waals surface area contributed by atoms with Crippen LogP contribution in [0.3, 0.4) is 0 Å². The molecule has 90 valence electrons. The summed E-state index contributed by atoms with van der Waals surface area (Å²) >= 11 is 0. The van der Waals surface area contributed by atoms with Crippen LogP contribution in [0.2, 0.25) is 0 Å². The predicted molar refractivity (Wildman–Crippen MR) is 57.6 cm³/mol. The Bertz CT molecular complexity index is 273. The van der Waals surface area contributed by atoms with Gasteiger partial charge in [-0.2, -0.15) is 12.7 Å².